The number of para-hydroxylation sites is 2. The van der Waals surface area contributed by atoms with Crippen LogP contribution >= 0.6 is 11.3 Å². The summed E-state index contributed by atoms with van der Waals surface area (Å²) < 4.78 is 11.9. The zero-order valence-electron chi connectivity index (χ0n) is 10.8. The monoisotopic (exact) mass is 275 g/mol. The van der Waals surface area contributed by atoms with Crippen molar-refractivity contribution in [3.05, 3.63) is 46.7 Å². The van der Waals surface area contributed by atoms with E-state index in [2.05, 4.69) is 29.8 Å². The van der Waals surface area contributed by atoms with Gasteiger partial charge in [-0.25, -0.2) is 0 Å². The van der Waals surface area contributed by atoms with Gasteiger partial charge in [0.05, 0.1) is 6.04 Å². The van der Waals surface area contributed by atoms with E-state index < -0.39 is 0 Å². The van der Waals surface area contributed by atoms with E-state index in [4.69, 9.17) is 9.47 Å². The maximum absolute atomic E-state index is 6.09. The van der Waals surface area contributed by atoms with Crippen LogP contribution in [0.3, 0.4) is 0 Å². The van der Waals surface area contributed by atoms with Crippen molar-refractivity contribution in [3.63, 3.8) is 0 Å². The number of ether oxygens (including phenoxy) is 2. The highest BCUT2D eigenvalue weighted by Crippen LogP contribution is 2.35. The van der Waals surface area contributed by atoms with Gasteiger partial charge in [-0.3, -0.25) is 0 Å². The third-order valence-corrected chi connectivity index (χ3v) is 4.13. The van der Waals surface area contributed by atoms with Crippen LogP contribution in [0.1, 0.15) is 17.8 Å². The first-order valence-electron chi connectivity index (χ1n) is 6.53. The van der Waals surface area contributed by atoms with E-state index in [0.29, 0.717) is 6.61 Å². The van der Waals surface area contributed by atoms with Gasteiger partial charge in [0.2, 0.25) is 0 Å². The Kier molecular flexibility index (Phi) is 3.71. The van der Waals surface area contributed by atoms with Gasteiger partial charge in [-0.2, -0.15) is 0 Å². The molecule has 3 rings (SSSR count). The van der Waals surface area contributed by atoms with Crippen molar-refractivity contribution in [2.75, 3.05) is 13.2 Å². The van der Waals surface area contributed by atoms with Crippen LogP contribution in [0.2, 0.25) is 0 Å². The fourth-order valence-electron chi connectivity index (χ4n) is 2.30. The molecule has 1 N–H and O–H groups in total. The largest absolute Gasteiger partial charge is 0.486 e. The topological polar surface area (TPSA) is 30.5 Å². The fraction of sp³-hybridized carbons (Fsp3) is 0.333. The maximum Gasteiger partial charge on any atom is 0.161 e. The van der Waals surface area contributed by atoms with Crippen LogP contribution in [0.25, 0.3) is 0 Å². The minimum atomic E-state index is 0.00787. The lowest BCUT2D eigenvalue weighted by molar-refractivity contribution is 0.0631. The number of fused-ring (bicyclic) bond motifs is 1. The van der Waals surface area contributed by atoms with Crippen molar-refractivity contribution < 1.29 is 9.47 Å². The average molecular weight is 275 g/mol. The molecule has 2 unspecified atom stereocenters. The molecule has 2 heterocycles. The van der Waals surface area contributed by atoms with Crippen LogP contribution in [-0.2, 0) is 0 Å². The van der Waals surface area contributed by atoms with Crippen LogP contribution in [0.15, 0.2) is 41.8 Å². The fourth-order valence-corrected chi connectivity index (χ4v) is 3.16. The van der Waals surface area contributed by atoms with Gasteiger partial charge >= 0.3 is 0 Å². The minimum absolute atomic E-state index is 0.00787. The molecule has 1 aromatic heterocycles. The first-order valence-corrected chi connectivity index (χ1v) is 7.41. The highest BCUT2D eigenvalue weighted by molar-refractivity contribution is 7.10. The Balaban J connectivity index is 1.82. The summed E-state index contributed by atoms with van der Waals surface area (Å²) >= 11 is 1.75. The van der Waals surface area contributed by atoms with E-state index in [0.717, 1.165) is 18.0 Å². The van der Waals surface area contributed by atoms with E-state index in [1.54, 1.807) is 11.3 Å². The highest BCUT2D eigenvalue weighted by atomic mass is 32.1. The molecule has 4 heteroatoms. The van der Waals surface area contributed by atoms with E-state index in [1.165, 1.54) is 4.88 Å². The molecule has 3 nitrogen and oxygen atoms in total. The summed E-state index contributed by atoms with van der Waals surface area (Å²) in [6, 6.07) is 12.2. The van der Waals surface area contributed by atoms with Crippen LogP contribution in [-0.4, -0.2) is 19.3 Å². The van der Waals surface area contributed by atoms with Crippen LogP contribution in [0, 0.1) is 0 Å². The summed E-state index contributed by atoms with van der Waals surface area (Å²) in [4.78, 5) is 1.29. The molecule has 0 radical (unpaired) electrons. The Labute approximate surface area is 117 Å². The number of nitrogens with one attached hydrogen (secondary N) is 1. The molecular weight excluding hydrogens is 258 g/mol. The second-order valence-corrected chi connectivity index (χ2v) is 5.44. The third kappa shape index (κ3) is 2.60. The van der Waals surface area contributed by atoms with Crippen LogP contribution in [0.4, 0.5) is 0 Å². The normalized spacial score (nSPS) is 19.1. The summed E-state index contributed by atoms with van der Waals surface area (Å²) in [7, 11) is 0. The van der Waals surface area contributed by atoms with Gasteiger partial charge in [0.25, 0.3) is 0 Å². The molecule has 2 atom stereocenters. The van der Waals surface area contributed by atoms with Crippen LogP contribution < -0.4 is 14.8 Å². The molecule has 1 aliphatic rings. The van der Waals surface area contributed by atoms with Crippen molar-refractivity contribution in [1.82, 2.24) is 5.32 Å². The van der Waals surface area contributed by atoms with Crippen LogP contribution in [0.5, 0.6) is 11.5 Å². The molecule has 19 heavy (non-hydrogen) atoms. The van der Waals surface area contributed by atoms with E-state index in [-0.39, 0.29) is 12.1 Å². The Bertz CT molecular complexity index is 527. The molecule has 0 spiro atoms. The zero-order valence-corrected chi connectivity index (χ0v) is 11.7. The third-order valence-electron chi connectivity index (χ3n) is 3.18. The molecule has 0 fully saturated rings. The quantitative estimate of drug-likeness (QED) is 0.929. The number of benzene rings is 1. The molecular formula is C15H17NO2S. The first kappa shape index (κ1) is 12.5. The van der Waals surface area contributed by atoms with Gasteiger partial charge in [-0.15, -0.1) is 11.3 Å². The zero-order chi connectivity index (χ0) is 13.1. The van der Waals surface area contributed by atoms with Crippen molar-refractivity contribution in [2.24, 2.45) is 0 Å². The Morgan fingerprint density at radius 2 is 2.11 bits per heavy atom. The summed E-state index contributed by atoms with van der Waals surface area (Å²) in [5, 5.41) is 5.59. The standard InChI is InChI=1S/C15H17NO2S/c1-2-16-15(14-8-5-9-19-14)13-10-17-11-6-3-4-7-12(11)18-13/h3-9,13,15-16H,2,10H2,1H3. The van der Waals surface area contributed by atoms with Gasteiger partial charge in [0, 0.05) is 4.88 Å². The summed E-state index contributed by atoms with van der Waals surface area (Å²) in [5.41, 5.74) is 0. The molecule has 100 valence electrons. The average Bonchev–Trinajstić information content (AvgIpc) is 2.98. The lowest BCUT2D eigenvalue weighted by Gasteiger charge is -2.32. The first-order chi connectivity index (χ1) is 9.38. The number of thiophene rings is 1. The van der Waals surface area contributed by atoms with E-state index >= 15 is 0 Å². The number of rotatable bonds is 4. The van der Waals surface area contributed by atoms with Gasteiger partial charge in [-0.1, -0.05) is 25.1 Å². The second-order valence-electron chi connectivity index (χ2n) is 4.46. The number of likely N-dealkylation sites (N-methyl/N-ethyl adjacent to an activating group) is 1. The lowest BCUT2D eigenvalue weighted by Crippen LogP contribution is -2.41. The summed E-state index contributed by atoms with van der Waals surface area (Å²) in [6.07, 6.45) is 0.00787. The molecule has 0 saturated carbocycles. The molecule has 0 amide bonds. The molecule has 1 aliphatic heterocycles. The number of hydrogen-bond donors (Lipinski definition) is 1. The van der Waals surface area contributed by atoms with Gasteiger partial charge < -0.3 is 14.8 Å². The molecule has 1 aromatic carbocycles. The molecule has 0 saturated heterocycles. The van der Waals surface area contributed by atoms with Crippen molar-refractivity contribution in [2.45, 2.75) is 19.1 Å². The highest BCUT2D eigenvalue weighted by Gasteiger charge is 2.30. The van der Waals surface area contributed by atoms with Gasteiger partial charge in [0.15, 0.2) is 17.6 Å². The molecule has 2 aromatic rings. The van der Waals surface area contributed by atoms with Gasteiger partial charge in [-0.05, 0) is 30.1 Å². The number of hydrogen-bond acceptors (Lipinski definition) is 4. The van der Waals surface area contributed by atoms with E-state index in [9.17, 15) is 0 Å². The predicted molar refractivity (Wildman–Crippen MR) is 77.1 cm³/mol. The Morgan fingerprint density at radius 3 is 2.84 bits per heavy atom. The SMILES string of the molecule is CCNC(c1cccs1)C1COc2ccccc2O1. The second kappa shape index (κ2) is 5.63. The lowest BCUT2D eigenvalue weighted by atomic mass is 10.1. The maximum atomic E-state index is 6.09. The molecule has 0 bridgehead atoms. The summed E-state index contributed by atoms with van der Waals surface area (Å²) in [5.74, 6) is 1.67. The molecule has 0 aliphatic carbocycles. The predicted octanol–water partition coefficient (Wildman–Crippen LogP) is 3.24. The van der Waals surface area contributed by atoms with Gasteiger partial charge in [0.1, 0.15) is 6.61 Å². The van der Waals surface area contributed by atoms with E-state index in [1.807, 2.05) is 24.3 Å². The summed E-state index contributed by atoms with van der Waals surface area (Å²) in [6.45, 7) is 3.59. The van der Waals surface area contributed by atoms with Crippen molar-refractivity contribution >= 4 is 11.3 Å². The Morgan fingerprint density at radius 1 is 1.26 bits per heavy atom. The smallest absolute Gasteiger partial charge is 0.161 e. The Hall–Kier alpha value is -1.52. The van der Waals surface area contributed by atoms with Crippen molar-refractivity contribution in [1.29, 1.82) is 0 Å². The van der Waals surface area contributed by atoms with Crippen molar-refractivity contribution in [3.8, 4) is 11.5 Å². The minimum Gasteiger partial charge on any atom is -0.486 e.